The summed E-state index contributed by atoms with van der Waals surface area (Å²) in [5, 5.41) is 4.34. The minimum atomic E-state index is -1.32. The Morgan fingerprint density at radius 3 is 2.80 bits per heavy atom. The van der Waals surface area contributed by atoms with Gasteiger partial charge in [0.1, 0.15) is 13.8 Å². The van der Waals surface area contributed by atoms with Gasteiger partial charge in [0.2, 0.25) is 0 Å². The van der Waals surface area contributed by atoms with E-state index in [0.717, 1.165) is 11.3 Å². The van der Waals surface area contributed by atoms with Gasteiger partial charge < -0.3 is 0 Å². The Kier molecular flexibility index (Phi) is 2.33. The third kappa shape index (κ3) is 2.45. The molecule has 2 heterocycles. The van der Waals surface area contributed by atoms with Crippen LogP contribution in [0.2, 0.25) is 19.6 Å². The first-order chi connectivity index (χ1) is 7.04. The molecule has 2 aromatic heterocycles. The number of hydrogen-bond acceptors (Lipinski definition) is 2. The van der Waals surface area contributed by atoms with E-state index in [1.807, 2.05) is 18.3 Å². The van der Waals surface area contributed by atoms with Crippen molar-refractivity contribution in [1.29, 1.82) is 0 Å². The maximum Gasteiger partial charge on any atom is 0.153 e. The fraction of sp³-hybridized carbons (Fsp3) is 0.273. The largest absolute Gasteiger partial charge is 0.236 e. The Hall–Kier alpha value is -1.60. The monoisotopic (exact) mass is 215 g/mol. The van der Waals surface area contributed by atoms with E-state index in [1.165, 1.54) is 0 Å². The smallest absolute Gasteiger partial charge is 0.153 e. The first-order valence-electron chi connectivity index (χ1n) is 4.88. The van der Waals surface area contributed by atoms with Gasteiger partial charge in [0.25, 0.3) is 0 Å². The van der Waals surface area contributed by atoms with Crippen molar-refractivity contribution in [3.8, 4) is 11.5 Å². The summed E-state index contributed by atoms with van der Waals surface area (Å²) in [5.41, 5.74) is 4.95. The lowest BCUT2D eigenvalue weighted by molar-refractivity contribution is 0.924. The lowest BCUT2D eigenvalue weighted by Crippen LogP contribution is -2.16. The predicted molar refractivity (Wildman–Crippen MR) is 63.2 cm³/mol. The standard InChI is InChI=1S/C11H13N3Si/c1-15(2,3)9-6-10-4-5-11-12-7-8-14(11)13-10/h4-5,7-8H,1-3H3. The number of aromatic nitrogens is 3. The van der Waals surface area contributed by atoms with Crippen molar-refractivity contribution in [3.05, 3.63) is 30.2 Å². The SMILES string of the molecule is C[Si](C)(C)C#Cc1ccc2nccn2n1. The van der Waals surface area contributed by atoms with Crippen LogP contribution in [0.5, 0.6) is 0 Å². The Balaban J connectivity index is 2.39. The highest BCUT2D eigenvalue weighted by atomic mass is 28.3. The van der Waals surface area contributed by atoms with E-state index < -0.39 is 8.07 Å². The fourth-order valence-corrected chi connectivity index (χ4v) is 1.64. The Morgan fingerprint density at radius 2 is 2.07 bits per heavy atom. The van der Waals surface area contributed by atoms with Gasteiger partial charge in [-0.25, -0.2) is 9.50 Å². The Morgan fingerprint density at radius 1 is 1.27 bits per heavy atom. The zero-order valence-corrected chi connectivity index (χ0v) is 10.2. The number of imidazole rings is 1. The molecular weight excluding hydrogens is 202 g/mol. The van der Waals surface area contributed by atoms with E-state index in [-0.39, 0.29) is 0 Å². The molecule has 4 heteroatoms. The Bertz CT molecular complexity index is 540. The van der Waals surface area contributed by atoms with Crippen molar-refractivity contribution < 1.29 is 0 Å². The van der Waals surface area contributed by atoms with E-state index in [9.17, 15) is 0 Å². The summed E-state index contributed by atoms with van der Waals surface area (Å²) < 4.78 is 1.74. The van der Waals surface area contributed by atoms with Crippen LogP contribution in [-0.2, 0) is 0 Å². The molecule has 0 N–H and O–H groups in total. The van der Waals surface area contributed by atoms with Crippen LogP contribution in [0.15, 0.2) is 24.5 Å². The molecule has 2 rings (SSSR count). The normalized spacial score (nSPS) is 11.1. The van der Waals surface area contributed by atoms with Gasteiger partial charge >= 0.3 is 0 Å². The van der Waals surface area contributed by atoms with Gasteiger partial charge in [-0.1, -0.05) is 25.6 Å². The summed E-state index contributed by atoms with van der Waals surface area (Å²) in [5.74, 6) is 3.12. The third-order valence-electron chi connectivity index (χ3n) is 1.82. The van der Waals surface area contributed by atoms with E-state index in [0.29, 0.717) is 0 Å². The van der Waals surface area contributed by atoms with Gasteiger partial charge in [-0.2, -0.15) is 5.10 Å². The van der Waals surface area contributed by atoms with Crippen LogP contribution < -0.4 is 0 Å². The molecule has 15 heavy (non-hydrogen) atoms. The van der Waals surface area contributed by atoms with E-state index in [4.69, 9.17) is 0 Å². The van der Waals surface area contributed by atoms with Crippen LogP contribution in [0.1, 0.15) is 5.69 Å². The summed E-state index contributed by atoms with van der Waals surface area (Å²) in [6, 6.07) is 3.84. The number of hydrogen-bond donors (Lipinski definition) is 0. The molecule has 0 aliphatic carbocycles. The maximum atomic E-state index is 4.34. The summed E-state index contributed by atoms with van der Waals surface area (Å²) >= 11 is 0. The molecule has 0 bridgehead atoms. The number of rotatable bonds is 0. The number of nitrogens with zero attached hydrogens (tertiary/aromatic N) is 3. The van der Waals surface area contributed by atoms with Crippen LogP contribution in [0, 0.1) is 11.5 Å². The second-order valence-electron chi connectivity index (χ2n) is 4.45. The fourth-order valence-electron chi connectivity index (χ4n) is 1.13. The molecule has 0 amide bonds. The predicted octanol–water partition coefficient (Wildman–Crippen LogP) is 1.96. The highest BCUT2D eigenvalue weighted by molar-refractivity contribution is 6.83. The topological polar surface area (TPSA) is 30.2 Å². The molecule has 0 saturated carbocycles. The van der Waals surface area contributed by atoms with Crippen molar-refractivity contribution in [3.63, 3.8) is 0 Å². The van der Waals surface area contributed by atoms with E-state index in [2.05, 4.69) is 41.2 Å². The first kappa shape index (κ1) is 9.93. The summed E-state index contributed by atoms with van der Waals surface area (Å²) in [7, 11) is -1.32. The van der Waals surface area contributed by atoms with Crippen molar-refractivity contribution in [1.82, 2.24) is 14.6 Å². The lowest BCUT2D eigenvalue weighted by Gasteiger charge is -2.03. The summed E-state index contributed by atoms with van der Waals surface area (Å²) in [6.45, 7) is 6.65. The minimum absolute atomic E-state index is 0.808. The van der Waals surface area contributed by atoms with Crippen LogP contribution in [0.3, 0.4) is 0 Å². The molecule has 0 radical (unpaired) electrons. The first-order valence-corrected chi connectivity index (χ1v) is 8.38. The summed E-state index contributed by atoms with van der Waals surface area (Å²) in [4.78, 5) is 4.13. The van der Waals surface area contributed by atoms with Gasteiger partial charge in [-0.3, -0.25) is 0 Å². The molecule has 0 atom stereocenters. The van der Waals surface area contributed by atoms with Crippen LogP contribution in [-0.4, -0.2) is 22.7 Å². The Labute approximate surface area is 90.2 Å². The molecule has 0 saturated heterocycles. The molecule has 0 aromatic carbocycles. The van der Waals surface area contributed by atoms with Crippen molar-refractivity contribution in [2.75, 3.05) is 0 Å². The highest BCUT2D eigenvalue weighted by Gasteiger charge is 2.07. The zero-order valence-electron chi connectivity index (χ0n) is 9.15. The van der Waals surface area contributed by atoms with Crippen molar-refractivity contribution in [2.24, 2.45) is 0 Å². The van der Waals surface area contributed by atoms with E-state index >= 15 is 0 Å². The van der Waals surface area contributed by atoms with Crippen LogP contribution >= 0.6 is 0 Å². The van der Waals surface area contributed by atoms with Gasteiger partial charge in [-0.05, 0) is 12.1 Å². The second-order valence-corrected chi connectivity index (χ2v) is 9.20. The van der Waals surface area contributed by atoms with Crippen molar-refractivity contribution >= 4 is 13.7 Å². The molecule has 0 aliphatic rings. The molecule has 0 unspecified atom stereocenters. The molecule has 3 nitrogen and oxygen atoms in total. The minimum Gasteiger partial charge on any atom is -0.236 e. The van der Waals surface area contributed by atoms with Gasteiger partial charge in [0.05, 0.1) is 0 Å². The second kappa shape index (κ2) is 3.52. The summed E-state index contributed by atoms with van der Waals surface area (Å²) in [6.07, 6.45) is 3.56. The molecule has 76 valence electrons. The van der Waals surface area contributed by atoms with E-state index in [1.54, 1.807) is 10.7 Å². The molecule has 0 spiro atoms. The van der Waals surface area contributed by atoms with Crippen molar-refractivity contribution in [2.45, 2.75) is 19.6 Å². The average molecular weight is 215 g/mol. The average Bonchev–Trinajstić information content (AvgIpc) is 2.60. The molecule has 0 aliphatic heterocycles. The van der Waals surface area contributed by atoms with Crippen LogP contribution in [0.4, 0.5) is 0 Å². The molecule has 2 aromatic rings. The zero-order chi connectivity index (χ0) is 10.9. The lowest BCUT2D eigenvalue weighted by atomic mass is 10.4. The third-order valence-corrected chi connectivity index (χ3v) is 2.70. The van der Waals surface area contributed by atoms with Gasteiger partial charge in [-0.15, -0.1) is 5.54 Å². The number of fused-ring (bicyclic) bond motifs is 1. The molecule has 0 fully saturated rings. The molecular formula is C11H13N3Si. The maximum absolute atomic E-state index is 4.34. The van der Waals surface area contributed by atoms with Gasteiger partial charge in [0, 0.05) is 12.4 Å². The van der Waals surface area contributed by atoms with Gasteiger partial charge in [0.15, 0.2) is 5.65 Å². The highest BCUT2D eigenvalue weighted by Crippen LogP contribution is 2.01. The quantitative estimate of drug-likeness (QED) is 0.497. The van der Waals surface area contributed by atoms with Crippen LogP contribution in [0.25, 0.3) is 5.65 Å².